The molecule has 1 aliphatic rings. The van der Waals surface area contributed by atoms with Crippen LogP contribution in [-0.2, 0) is 11.3 Å². The van der Waals surface area contributed by atoms with Crippen molar-refractivity contribution in [2.75, 3.05) is 17.2 Å². The van der Waals surface area contributed by atoms with Crippen molar-refractivity contribution in [2.45, 2.75) is 31.8 Å². The Morgan fingerprint density at radius 2 is 1.93 bits per heavy atom. The molecular formula is C20H24Cl2N4O2. The van der Waals surface area contributed by atoms with Gasteiger partial charge >= 0.3 is 6.03 Å². The molecule has 1 atom stereocenters. The van der Waals surface area contributed by atoms with Gasteiger partial charge in [0.25, 0.3) is 0 Å². The van der Waals surface area contributed by atoms with Crippen LogP contribution in [0.3, 0.4) is 0 Å². The molecule has 0 saturated carbocycles. The Labute approximate surface area is 175 Å². The summed E-state index contributed by atoms with van der Waals surface area (Å²) >= 11 is 6.03. The van der Waals surface area contributed by atoms with E-state index in [0.29, 0.717) is 23.7 Å². The lowest BCUT2D eigenvalue weighted by Crippen LogP contribution is -2.28. The van der Waals surface area contributed by atoms with Crippen molar-refractivity contribution < 1.29 is 9.59 Å². The molecular weight excluding hydrogens is 399 g/mol. The molecule has 1 unspecified atom stereocenters. The number of amides is 3. The van der Waals surface area contributed by atoms with Crippen LogP contribution >= 0.6 is 24.0 Å². The summed E-state index contributed by atoms with van der Waals surface area (Å²) < 4.78 is 0. The van der Waals surface area contributed by atoms with Crippen LogP contribution < -0.4 is 21.3 Å². The molecule has 3 amide bonds. The minimum atomic E-state index is -0.343. The maximum Gasteiger partial charge on any atom is 0.319 e. The zero-order valence-electron chi connectivity index (χ0n) is 15.3. The molecule has 8 heteroatoms. The molecule has 0 aliphatic carbocycles. The van der Waals surface area contributed by atoms with Gasteiger partial charge in [-0.3, -0.25) is 4.79 Å². The van der Waals surface area contributed by atoms with E-state index in [1.54, 1.807) is 24.3 Å². The number of carbonyl (C=O) groups is 2. The van der Waals surface area contributed by atoms with E-state index in [9.17, 15) is 9.59 Å². The number of halogens is 2. The van der Waals surface area contributed by atoms with Crippen molar-refractivity contribution in [3.05, 3.63) is 59.1 Å². The molecule has 0 radical (unpaired) electrons. The lowest BCUT2D eigenvalue weighted by atomic mass is 10.1. The third-order valence-electron chi connectivity index (χ3n) is 4.38. The summed E-state index contributed by atoms with van der Waals surface area (Å²) in [6.07, 6.45) is 2.63. The largest absolute Gasteiger partial charge is 0.334 e. The van der Waals surface area contributed by atoms with Crippen LogP contribution in [-0.4, -0.2) is 24.5 Å². The Bertz CT molecular complexity index is 810. The van der Waals surface area contributed by atoms with Crippen molar-refractivity contribution >= 4 is 47.3 Å². The van der Waals surface area contributed by atoms with Crippen LogP contribution in [0.4, 0.5) is 16.2 Å². The number of anilines is 2. The Hall–Kier alpha value is -2.28. The van der Waals surface area contributed by atoms with Crippen LogP contribution in [0.15, 0.2) is 48.5 Å². The van der Waals surface area contributed by atoms with E-state index in [2.05, 4.69) is 21.3 Å². The van der Waals surface area contributed by atoms with Crippen molar-refractivity contribution in [2.24, 2.45) is 0 Å². The lowest BCUT2D eigenvalue weighted by Gasteiger charge is -2.12. The summed E-state index contributed by atoms with van der Waals surface area (Å²) in [6.45, 7) is 1.32. The van der Waals surface area contributed by atoms with Gasteiger partial charge in [-0.2, -0.15) is 0 Å². The average molecular weight is 423 g/mol. The molecule has 1 aliphatic heterocycles. The van der Waals surface area contributed by atoms with Crippen LogP contribution in [0.2, 0.25) is 5.02 Å². The maximum atomic E-state index is 12.1. The highest BCUT2D eigenvalue weighted by Gasteiger charge is 2.17. The van der Waals surface area contributed by atoms with Crippen molar-refractivity contribution in [1.82, 2.24) is 10.6 Å². The zero-order valence-corrected chi connectivity index (χ0v) is 16.9. The number of hydrogen-bond donors (Lipinski definition) is 4. The summed E-state index contributed by atoms with van der Waals surface area (Å²) in [7, 11) is 0. The number of nitrogens with one attached hydrogen (secondary N) is 4. The fourth-order valence-electron chi connectivity index (χ4n) is 3.04. The van der Waals surface area contributed by atoms with Crippen molar-refractivity contribution in [3.8, 4) is 0 Å². The minimum Gasteiger partial charge on any atom is -0.334 e. The van der Waals surface area contributed by atoms with E-state index in [1.165, 1.54) is 0 Å². The van der Waals surface area contributed by atoms with Crippen LogP contribution in [0.25, 0.3) is 0 Å². The van der Waals surface area contributed by atoms with Gasteiger partial charge < -0.3 is 21.3 Å². The summed E-state index contributed by atoms with van der Waals surface area (Å²) in [6, 6.07) is 14.4. The molecule has 0 aromatic heterocycles. The van der Waals surface area contributed by atoms with Gasteiger partial charge in [-0.05, 0) is 49.2 Å². The monoisotopic (exact) mass is 422 g/mol. The first kappa shape index (κ1) is 22.0. The van der Waals surface area contributed by atoms with E-state index < -0.39 is 0 Å². The van der Waals surface area contributed by atoms with E-state index in [4.69, 9.17) is 11.6 Å². The molecule has 0 bridgehead atoms. The second-order valence-corrected chi connectivity index (χ2v) is 6.94. The van der Waals surface area contributed by atoms with Crippen LogP contribution in [0.5, 0.6) is 0 Å². The zero-order chi connectivity index (χ0) is 19.1. The predicted molar refractivity (Wildman–Crippen MR) is 115 cm³/mol. The second-order valence-electron chi connectivity index (χ2n) is 6.53. The van der Waals surface area contributed by atoms with Crippen molar-refractivity contribution in [1.29, 1.82) is 0 Å². The SMILES string of the molecule is Cl.O=C(CC1CCCN1)Nc1cccc(CNC(=O)Nc2ccccc2Cl)c1. The van der Waals surface area contributed by atoms with Crippen LogP contribution in [0.1, 0.15) is 24.8 Å². The normalized spacial score (nSPS) is 15.4. The molecule has 2 aromatic carbocycles. The first-order valence-electron chi connectivity index (χ1n) is 9.02. The third kappa shape index (κ3) is 6.71. The Morgan fingerprint density at radius 1 is 1.11 bits per heavy atom. The quantitative estimate of drug-likeness (QED) is 0.563. The topological polar surface area (TPSA) is 82.3 Å². The van der Waals surface area contributed by atoms with E-state index in [-0.39, 0.29) is 30.4 Å². The number of benzene rings is 2. The van der Waals surface area contributed by atoms with E-state index >= 15 is 0 Å². The Kier molecular flexibility index (Phi) is 8.57. The predicted octanol–water partition coefficient (Wildman–Crippen LogP) is 4.16. The first-order valence-corrected chi connectivity index (χ1v) is 9.39. The van der Waals surface area contributed by atoms with Gasteiger partial charge in [0.1, 0.15) is 0 Å². The molecule has 2 aromatic rings. The Morgan fingerprint density at radius 3 is 2.68 bits per heavy atom. The molecule has 4 N–H and O–H groups in total. The first-order chi connectivity index (χ1) is 13.1. The van der Waals surface area contributed by atoms with Gasteiger partial charge in [0.15, 0.2) is 0 Å². The molecule has 1 heterocycles. The minimum absolute atomic E-state index is 0. The molecule has 3 rings (SSSR count). The summed E-state index contributed by atoms with van der Waals surface area (Å²) in [5.41, 5.74) is 2.17. The fourth-order valence-corrected chi connectivity index (χ4v) is 3.22. The molecule has 0 spiro atoms. The number of para-hydroxylation sites is 1. The number of carbonyl (C=O) groups excluding carboxylic acids is 2. The number of hydrogen-bond acceptors (Lipinski definition) is 3. The summed E-state index contributed by atoms with van der Waals surface area (Å²) in [4.78, 5) is 24.2. The number of rotatable bonds is 6. The molecule has 28 heavy (non-hydrogen) atoms. The number of urea groups is 1. The second kappa shape index (κ2) is 10.9. The van der Waals surface area contributed by atoms with Gasteiger partial charge in [0.2, 0.25) is 5.91 Å². The van der Waals surface area contributed by atoms with E-state index in [1.807, 2.05) is 24.3 Å². The highest BCUT2D eigenvalue weighted by atomic mass is 35.5. The van der Waals surface area contributed by atoms with Gasteiger partial charge in [0.05, 0.1) is 10.7 Å². The summed E-state index contributed by atoms with van der Waals surface area (Å²) in [5, 5.41) is 12.2. The highest BCUT2D eigenvalue weighted by molar-refractivity contribution is 6.33. The smallest absolute Gasteiger partial charge is 0.319 e. The summed E-state index contributed by atoms with van der Waals surface area (Å²) in [5.74, 6) is -0.00373. The Balaban J connectivity index is 0.00000280. The maximum absolute atomic E-state index is 12.1. The van der Waals surface area contributed by atoms with E-state index in [0.717, 1.165) is 30.6 Å². The third-order valence-corrected chi connectivity index (χ3v) is 4.71. The molecule has 150 valence electrons. The van der Waals surface area contributed by atoms with Gasteiger partial charge in [-0.15, -0.1) is 12.4 Å². The molecule has 6 nitrogen and oxygen atoms in total. The van der Waals surface area contributed by atoms with Gasteiger partial charge in [-0.1, -0.05) is 35.9 Å². The van der Waals surface area contributed by atoms with Gasteiger partial charge in [-0.25, -0.2) is 4.79 Å². The van der Waals surface area contributed by atoms with Gasteiger partial charge in [0, 0.05) is 24.7 Å². The standard InChI is InChI=1S/C20H23ClN4O2.ClH/c21-17-8-1-2-9-18(17)25-20(27)23-13-14-5-3-6-16(11-14)24-19(26)12-15-7-4-10-22-15;/h1-3,5-6,8-9,11,15,22H,4,7,10,12-13H2,(H,24,26)(H2,23,25,27);1H. The highest BCUT2D eigenvalue weighted by Crippen LogP contribution is 2.20. The fraction of sp³-hybridized carbons (Fsp3) is 0.300. The molecule has 1 fully saturated rings. The van der Waals surface area contributed by atoms with Crippen molar-refractivity contribution in [3.63, 3.8) is 0 Å². The molecule has 1 saturated heterocycles. The lowest BCUT2D eigenvalue weighted by molar-refractivity contribution is -0.116. The average Bonchev–Trinajstić information content (AvgIpc) is 3.15. The van der Waals surface area contributed by atoms with Crippen LogP contribution in [0, 0.1) is 0 Å².